The van der Waals surface area contributed by atoms with Crippen molar-refractivity contribution in [2.75, 3.05) is 16.8 Å². The van der Waals surface area contributed by atoms with Gasteiger partial charge < -0.3 is 14.7 Å². The second-order valence-electron chi connectivity index (χ2n) is 10.5. The van der Waals surface area contributed by atoms with Gasteiger partial charge in [-0.2, -0.15) is 0 Å². The Morgan fingerprint density at radius 3 is 2.67 bits per heavy atom. The number of fused-ring (bicyclic) bond motifs is 2. The maximum atomic E-state index is 13.1. The van der Waals surface area contributed by atoms with E-state index in [4.69, 9.17) is 21.3 Å². The largest absolute Gasteiger partial charge is 0.477 e. The number of anilines is 2. The first-order chi connectivity index (χ1) is 18.9. The molecule has 0 fully saturated rings. The fraction of sp³-hybridized carbons (Fsp3) is 0.286. The number of aromatic carboxylic acids is 1. The van der Waals surface area contributed by atoms with Gasteiger partial charge in [0.25, 0.3) is 0 Å². The number of carbonyl (C=O) groups excluding carboxylic acids is 1. The van der Waals surface area contributed by atoms with Crippen molar-refractivity contribution in [1.82, 2.24) is 19.5 Å². The van der Waals surface area contributed by atoms with Crippen LogP contribution >= 0.6 is 11.6 Å². The lowest BCUT2D eigenvalue weighted by Gasteiger charge is -2.30. The van der Waals surface area contributed by atoms with Gasteiger partial charge in [-0.25, -0.2) is 19.6 Å². The number of nitrogens with one attached hydrogen (secondary N) is 1. The van der Waals surface area contributed by atoms with Crippen LogP contribution in [0.25, 0.3) is 16.7 Å². The number of hydrogen-bond acceptors (Lipinski definition) is 8. The minimum atomic E-state index is -1.38. The summed E-state index contributed by atoms with van der Waals surface area (Å²) >= 11 is 6.63. The summed E-state index contributed by atoms with van der Waals surface area (Å²) in [4.78, 5) is 52.9. The molecule has 0 spiro atoms. The van der Waals surface area contributed by atoms with Crippen LogP contribution in [0.2, 0.25) is 5.02 Å². The van der Waals surface area contributed by atoms with Crippen molar-refractivity contribution in [3.63, 3.8) is 0 Å². The highest BCUT2D eigenvalue weighted by Crippen LogP contribution is 2.31. The lowest BCUT2D eigenvalue weighted by molar-refractivity contribution is 0.0633. The lowest BCUT2D eigenvalue weighted by Crippen LogP contribution is -2.32. The molecule has 1 aliphatic heterocycles. The number of aromatic nitrogens is 4. The average molecular weight is 563 g/mol. The molecule has 5 rings (SSSR count). The quantitative estimate of drug-likeness (QED) is 0.360. The van der Waals surface area contributed by atoms with Gasteiger partial charge in [0.05, 0.1) is 34.5 Å². The van der Waals surface area contributed by atoms with Crippen LogP contribution in [0.1, 0.15) is 48.0 Å². The summed E-state index contributed by atoms with van der Waals surface area (Å²) in [5.41, 5.74) is 1.57. The number of amides is 1. The van der Waals surface area contributed by atoms with Crippen LogP contribution in [0, 0.1) is 6.92 Å². The highest BCUT2D eigenvalue weighted by atomic mass is 35.5. The van der Waals surface area contributed by atoms with E-state index < -0.39 is 28.7 Å². The Hall–Kier alpha value is -4.51. The monoisotopic (exact) mass is 562 g/mol. The molecule has 12 heteroatoms. The molecule has 0 bridgehead atoms. The van der Waals surface area contributed by atoms with E-state index in [1.165, 1.54) is 23.0 Å². The third kappa shape index (κ3) is 5.32. The van der Waals surface area contributed by atoms with Crippen LogP contribution in [0.3, 0.4) is 0 Å². The summed E-state index contributed by atoms with van der Waals surface area (Å²) in [5.74, 6) is -0.681. The fourth-order valence-electron chi connectivity index (χ4n) is 4.59. The number of ether oxygens (including phenoxy) is 1. The van der Waals surface area contributed by atoms with Crippen LogP contribution < -0.4 is 15.6 Å². The van der Waals surface area contributed by atoms with Crippen LogP contribution in [0.15, 0.2) is 47.7 Å². The molecule has 0 aromatic carbocycles. The number of aryl methyl sites for hydroxylation is 1. The molecule has 0 unspecified atom stereocenters. The summed E-state index contributed by atoms with van der Waals surface area (Å²) in [6.07, 6.45) is 4.52. The standard InChI is InChI=1S/C28H27ClN6O5/c1-15-10-22(32-27(39)40-28(2,3)4)31-12-21(15)35-13-18(26(37)38)23(36)17-11-19(29)25(33-24(17)35)34-9-7-16-6-5-8-30-20(16)14-34/h5-6,8,10-13H,7,9,14H2,1-4H3,(H,37,38)(H,31,32,39). The number of nitrogens with zero attached hydrogens (tertiary/aromatic N) is 5. The Kier molecular flexibility index (Phi) is 6.92. The van der Waals surface area contributed by atoms with Crippen molar-refractivity contribution in [3.8, 4) is 5.69 Å². The Bertz CT molecular complexity index is 1730. The van der Waals surface area contributed by atoms with E-state index in [2.05, 4.69) is 15.3 Å². The lowest BCUT2D eigenvalue weighted by atomic mass is 10.1. The molecule has 0 atom stereocenters. The van der Waals surface area contributed by atoms with Crippen molar-refractivity contribution >= 4 is 46.3 Å². The highest BCUT2D eigenvalue weighted by molar-refractivity contribution is 6.33. The maximum Gasteiger partial charge on any atom is 0.413 e. The minimum absolute atomic E-state index is 0.0551. The van der Waals surface area contributed by atoms with Crippen LogP contribution in [0.5, 0.6) is 0 Å². The predicted octanol–water partition coefficient (Wildman–Crippen LogP) is 4.75. The van der Waals surface area contributed by atoms with Gasteiger partial charge in [-0.05, 0) is 63.4 Å². The topological polar surface area (TPSA) is 140 Å². The molecule has 11 nitrogen and oxygen atoms in total. The van der Waals surface area contributed by atoms with Crippen LogP contribution in [-0.4, -0.2) is 48.8 Å². The molecular weight excluding hydrogens is 536 g/mol. The van der Waals surface area contributed by atoms with Gasteiger partial charge >= 0.3 is 12.1 Å². The minimum Gasteiger partial charge on any atom is -0.477 e. The number of carbonyl (C=O) groups is 2. The van der Waals surface area contributed by atoms with Gasteiger partial charge in [0.2, 0.25) is 5.43 Å². The SMILES string of the molecule is Cc1cc(NC(=O)OC(C)(C)C)ncc1-n1cc(C(=O)O)c(=O)c2cc(Cl)c(N3CCc4cccnc4C3)nc21. The molecule has 2 N–H and O–H groups in total. The van der Waals surface area contributed by atoms with Crippen molar-refractivity contribution in [2.24, 2.45) is 0 Å². The number of hydrogen-bond donors (Lipinski definition) is 2. The maximum absolute atomic E-state index is 13.1. The van der Waals surface area contributed by atoms with Gasteiger partial charge in [-0.15, -0.1) is 0 Å². The molecule has 206 valence electrons. The number of pyridine rings is 4. The summed E-state index contributed by atoms with van der Waals surface area (Å²) in [7, 11) is 0. The average Bonchev–Trinajstić information content (AvgIpc) is 2.88. The van der Waals surface area contributed by atoms with E-state index in [1.54, 1.807) is 40.0 Å². The normalized spacial score (nSPS) is 13.2. The van der Waals surface area contributed by atoms with E-state index in [0.29, 0.717) is 30.2 Å². The van der Waals surface area contributed by atoms with E-state index in [9.17, 15) is 19.5 Å². The van der Waals surface area contributed by atoms with Gasteiger partial charge in [0.1, 0.15) is 22.8 Å². The van der Waals surface area contributed by atoms with Crippen molar-refractivity contribution in [2.45, 2.75) is 46.3 Å². The predicted molar refractivity (Wildman–Crippen MR) is 151 cm³/mol. The Morgan fingerprint density at radius 1 is 1.20 bits per heavy atom. The summed E-state index contributed by atoms with van der Waals surface area (Å²) < 4.78 is 6.80. The first kappa shape index (κ1) is 27.1. The third-order valence-corrected chi connectivity index (χ3v) is 6.67. The molecule has 4 aromatic rings. The molecule has 0 aliphatic carbocycles. The smallest absolute Gasteiger partial charge is 0.413 e. The molecule has 5 heterocycles. The van der Waals surface area contributed by atoms with Gasteiger partial charge in [-0.3, -0.25) is 19.7 Å². The van der Waals surface area contributed by atoms with Crippen molar-refractivity contribution in [3.05, 3.63) is 80.5 Å². The second kappa shape index (κ2) is 10.2. The number of carboxylic acids is 1. The molecular formula is C28H27ClN6O5. The molecule has 40 heavy (non-hydrogen) atoms. The van der Waals surface area contributed by atoms with Gasteiger partial charge in [-0.1, -0.05) is 17.7 Å². The Balaban J connectivity index is 1.61. The van der Waals surface area contributed by atoms with E-state index in [1.807, 2.05) is 17.0 Å². The zero-order valence-electron chi connectivity index (χ0n) is 22.4. The zero-order valence-corrected chi connectivity index (χ0v) is 23.1. The van der Waals surface area contributed by atoms with E-state index in [-0.39, 0.29) is 21.9 Å². The van der Waals surface area contributed by atoms with Crippen molar-refractivity contribution < 1.29 is 19.4 Å². The third-order valence-electron chi connectivity index (χ3n) is 6.39. The van der Waals surface area contributed by atoms with Crippen LogP contribution in [0.4, 0.5) is 16.4 Å². The Morgan fingerprint density at radius 2 is 1.98 bits per heavy atom. The molecule has 1 aliphatic rings. The number of halogens is 1. The molecule has 0 radical (unpaired) electrons. The zero-order chi connectivity index (χ0) is 28.8. The molecule has 0 saturated carbocycles. The fourth-order valence-corrected chi connectivity index (χ4v) is 4.86. The number of carboxylic acid groups (broad SMARTS) is 1. The number of rotatable bonds is 4. The summed E-state index contributed by atoms with van der Waals surface area (Å²) in [5, 5.41) is 12.6. The van der Waals surface area contributed by atoms with Gasteiger partial charge in [0.15, 0.2) is 5.65 Å². The molecule has 0 saturated heterocycles. The van der Waals surface area contributed by atoms with E-state index >= 15 is 0 Å². The van der Waals surface area contributed by atoms with E-state index in [0.717, 1.165) is 17.7 Å². The first-order valence-electron chi connectivity index (χ1n) is 12.6. The molecule has 4 aromatic heterocycles. The second-order valence-corrected chi connectivity index (χ2v) is 10.9. The first-order valence-corrected chi connectivity index (χ1v) is 12.9. The van der Waals surface area contributed by atoms with Crippen molar-refractivity contribution in [1.29, 1.82) is 0 Å². The Labute approximate surface area is 234 Å². The summed E-state index contributed by atoms with van der Waals surface area (Å²) in [6.45, 7) is 8.15. The highest BCUT2D eigenvalue weighted by Gasteiger charge is 2.24. The van der Waals surface area contributed by atoms with Crippen LogP contribution in [-0.2, 0) is 17.7 Å². The van der Waals surface area contributed by atoms with Gasteiger partial charge in [0, 0.05) is 18.9 Å². The molecule has 1 amide bonds. The summed E-state index contributed by atoms with van der Waals surface area (Å²) in [6, 6.07) is 7.02.